The van der Waals surface area contributed by atoms with Crippen molar-refractivity contribution in [1.29, 1.82) is 0 Å². The Balaban J connectivity index is 1.91. The van der Waals surface area contributed by atoms with Gasteiger partial charge in [-0.2, -0.15) is 0 Å². The number of furan rings is 1. The maximum Gasteiger partial charge on any atom is 0.299 e. The summed E-state index contributed by atoms with van der Waals surface area (Å²) in [6.07, 6.45) is 0. The number of nitrogens with two attached hydrogens (primary N) is 1. The topological polar surface area (TPSA) is 74.0 Å². The number of nitrogen functional groups attached to an aromatic ring is 1. The number of rotatable bonds is 1. The third kappa shape index (κ3) is 2.14. The number of benzene rings is 2. The Morgan fingerprint density at radius 1 is 1.26 bits per heavy atom. The molecule has 0 amide bonds. The molecule has 2 N–H and O–H groups in total. The molecule has 114 valence electrons. The fourth-order valence-corrected chi connectivity index (χ4v) is 3.18. The molecule has 4 rings (SSSR count). The summed E-state index contributed by atoms with van der Waals surface area (Å²) >= 11 is 3.47. The lowest BCUT2D eigenvalue weighted by molar-refractivity contribution is 0.0937. The maximum atomic E-state index is 12.9. The Morgan fingerprint density at radius 3 is 2.87 bits per heavy atom. The van der Waals surface area contributed by atoms with Gasteiger partial charge in [-0.15, -0.1) is 0 Å². The summed E-state index contributed by atoms with van der Waals surface area (Å²) in [6.45, 7) is 1.78. The van der Waals surface area contributed by atoms with E-state index < -0.39 is 0 Å². The number of imidazole rings is 1. The van der Waals surface area contributed by atoms with Gasteiger partial charge in [-0.3, -0.25) is 9.36 Å². The number of carbonyl (C=O) groups is 1. The van der Waals surface area contributed by atoms with Crippen LogP contribution in [0.5, 0.6) is 0 Å². The van der Waals surface area contributed by atoms with Crippen LogP contribution in [0.15, 0.2) is 51.4 Å². The van der Waals surface area contributed by atoms with Crippen LogP contribution in [-0.4, -0.2) is 15.5 Å². The van der Waals surface area contributed by atoms with Crippen molar-refractivity contribution in [1.82, 2.24) is 9.55 Å². The van der Waals surface area contributed by atoms with Crippen molar-refractivity contribution in [2.45, 2.75) is 6.92 Å². The van der Waals surface area contributed by atoms with Gasteiger partial charge in [0.1, 0.15) is 11.4 Å². The average molecular weight is 370 g/mol. The highest BCUT2D eigenvalue weighted by Crippen LogP contribution is 2.28. The molecule has 0 bridgehead atoms. The molecule has 0 aliphatic rings. The normalized spacial score (nSPS) is 11.4. The molecule has 6 heteroatoms. The van der Waals surface area contributed by atoms with Gasteiger partial charge >= 0.3 is 0 Å². The molecule has 2 aromatic carbocycles. The highest BCUT2D eigenvalue weighted by molar-refractivity contribution is 9.10. The van der Waals surface area contributed by atoms with Gasteiger partial charge in [0.15, 0.2) is 5.76 Å². The third-order valence-electron chi connectivity index (χ3n) is 3.77. The predicted octanol–water partition coefficient (Wildman–Crippen LogP) is 4.12. The minimum atomic E-state index is -0.252. The van der Waals surface area contributed by atoms with Crippen molar-refractivity contribution in [2.24, 2.45) is 0 Å². The van der Waals surface area contributed by atoms with Gasteiger partial charge in [-0.25, -0.2) is 4.98 Å². The number of hydrogen-bond acceptors (Lipinski definition) is 4. The van der Waals surface area contributed by atoms with Crippen molar-refractivity contribution in [3.05, 3.63) is 58.5 Å². The van der Waals surface area contributed by atoms with E-state index in [0.717, 1.165) is 9.86 Å². The van der Waals surface area contributed by atoms with E-state index in [1.807, 2.05) is 18.2 Å². The maximum absolute atomic E-state index is 12.9. The zero-order chi connectivity index (χ0) is 16.1. The van der Waals surface area contributed by atoms with Crippen LogP contribution in [-0.2, 0) is 0 Å². The van der Waals surface area contributed by atoms with Crippen LogP contribution >= 0.6 is 15.9 Å². The number of aryl methyl sites for hydroxylation is 1. The quantitative estimate of drug-likeness (QED) is 0.512. The van der Waals surface area contributed by atoms with E-state index in [0.29, 0.717) is 28.1 Å². The van der Waals surface area contributed by atoms with Crippen LogP contribution in [0.3, 0.4) is 0 Å². The Bertz CT molecular complexity index is 1080. The minimum Gasteiger partial charge on any atom is -0.451 e. The average Bonchev–Trinajstić information content (AvgIpc) is 3.07. The first-order valence-corrected chi connectivity index (χ1v) is 7.81. The number of hydrogen-bond donors (Lipinski definition) is 1. The summed E-state index contributed by atoms with van der Waals surface area (Å²) in [4.78, 5) is 17.3. The molecule has 23 heavy (non-hydrogen) atoms. The van der Waals surface area contributed by atoms with Gasteiger partial charge in [0, 0.05) is 15.5 Å². The summed E-state index contributed by atoms with van der Waals surface area (Å²) < 4.78 is 8.14. The molecule has 0 aliphatic heterocycles. The van der Waals surface area contributed by atoms with E-state index in [2.05, 4.69) is 20.9 Å². The zero-order valence-corrected chi connectivity index (χ0v) is 13.8. The summed E-state index contributed by atoms with van der Waals surface area (Å²) in [5.74, 6) is 0.610. The molecule has 0 saturated heterocycles. The molecule has 0 saturated carbocycles. The lowest BCUT2D eigenvalue weighted by Crippen LogP contribution is -2.12. The lowest BCUT2D eigenvalue weighted by atomic mass is 10.2. The van der Waals surface area contributed by atoms with Gasteiger partial charge in [-0.1, -0.05) is 22.0 Å². The second-order valence-corrected chi connectivity index (χ2v) is 6.16. The van der Waals surface area contributed by atoms with E-state index in [-0.39, 0.29) is 11.7 Å². The van der Waals surface area contributed by atoms with Crippen molar-refractivity contribution in [3.8, 4) is 0 Å². The van der Waals surface area contributed by atoms with E-state index in [1.165, 1.54) is 0 Å². The highest BCUT2D eigenvalue weighted by Gasteiger charge is 2.20. The molecule has 0 aliphatic carbocycles. The van der Waals surface area contributed by atoms with Gasteiger partial charge < -0.3 is 10.2 Å². The fraction of sp³-hybridized carbons (Fsp3) is 0.0588. The monoisotopic (exact) mass is 369 g/mol. The summed E-state index contributed by atoms with van der Waals surface area (Å²) in [7, 11) is 0. The van der Waals surface area contributed by atoms with Gasteiger partial charge in [0.25, 0.3) is 5.91 Å². The van der Waals surface area contributed by atoms with Crippen LogP contribution in [0.25, 0.3) is 22.0 Å². The summed E-state index contributed by atoms with van der Waals surface area (Å²) in [5.41, 5.74) is 8.45. The zero-order valence-electron chi connectivity index (χ0n) is 12.2. The number of nitrogens with zero attached hydrogens (tertiary/aromatic N) is 2. The molecule has 0 spiro atoms. The molecule has 4 aromatic rings. The lowest BCUT2D eigenvalue weighted by Gasteiger charge is -2.02. The Morgan fingerprint density at radius 2 is 2.09 bits per heavy atom. The Hall–Kier alpha value is -2.60. The SMILES string of the molecule is Cc1nc2cc(N)ccc2n1C(=O)c1cc2c(Br)cccc2o1. The van der Waals surface area contributed by atoms with Crippen LogP contribution < -0.4 is 5.73 Å². The van der Waals surface area contributed by atoms with Crippen molar-refractivity contribution in [3.63, 3.8) is 0 Å². The number of anilines is 1. The van der Waals surface area contributed by atoms with Gasteiger partial charge in [-0.05, 0) is 43.3 Å². The van der Waals surface area contributed by atoms with Crippen LogP contribution in [0.4, 0.5) is 5.69 Å². The predicted molar refractivity (Wildman–Crippen MR) is 92.5 cm³/mol. The standard InChI is InChI=1S/C17H12BrN3O2/c1-9-20-13-7-10(19)5-6-14(13)21(9)17(22)16-8-11-12(18)3-2-4-15(11)23-16/h2-8H,19H2,1H3. The van der Waals surface area contributed by atoms with Gasteiger partial charge in [0.05, 0.1) is 11.0 Å². The first kappa shape index (κ1) is 14.0. The molecule has 0 fully saturated rings. The summed E-state index contributed by atoms with van der Waals surface area (Å²) in [6, 6.07) is 12.6. The van der Waals surface area contributed by atoms with Crippen LogP contribution in [0.1, 0.15) is 16.4 Å². The molecule has 0 unspecified atom stereocenters. The van der Waals surface area contributed by atoms with Crippen molar-refractivity contribution >= 4 is 49.5 Å². The van der Waals surface area contributed by atoms with E-state index in [1.54, 1.807) is 35.8 Å². The van der Waals surface area contributed by atoms with Gasteiger partial charge in [0.2, 0.25) is 0 Å². The highest BCUT2D eigenvalue weighted by atomic mass is 79.9. The molecule has 5 nitrogen and oxygen atoms in total. The minimum absolute atomic E-state index is 0.252. The first-order valence-electron chi connectivity index (χ1n) is 7.02. The Labute approximate surface area is 139 Å². The third-order valence-corrected chi connectivity index (χ3v) is 4.46. The molecular formula is C17H12BrN3O2. The fourth-order valence-electron chi connectivity index (χ4n) is 2.72. The Kier molecular flexibility index (Phi) is 3.02. The van der Waals surface area contributed by atoms with E-state index in [9.17, 15) is 4.79 Å². The molecular weight excluding hydrogens is 358 g/mol. The molecule has 0 radical (unpaired) electrons. The number of carbonyl (C=O) groups excluding carboxylic acids is 1. The van der Waals surface area contributed by atoms with Crippen LogP contribution in [0, 0.1) is 6.92 Å². The van der Waals surface area contributed by atoms with Crippen LogP contribution in [0.2, 0.25) is 0 Å². The number of aromatic nitrogens is 2. The largest absolute Gasteiger partial charge is 0.451 e. The first-order chi connectivity index (χ1) is 11.0. The smallest absolute Gasteiger partial charge is 0.299 e. The molecule has 2 heterocycles. The number of fused-ring (bicyclic) bond motifs is 2. The second kappa shape index (κ2) is 4.96. The second-order valence-electron chi connectivity index (χ2n) is 5.31. The van der Waals surface area contributed by atoms with E-state index in [4.69, 9.17) is 10.2 Å². The van der Waals surface area contributed by atoms with E-state index >= 15 is 0 Å². The number of halogens is 1. The van der Waals surface area contributed by atoms with Crippen molar-refractivity contribution < 1.29 is 9.21 Å². The molecule has 0 atom stereocenters. The molecule has 2 aromatic heterocycles. The van der Waals surface area contributed by atoms with Crippen molar-refractivity contribution in [2.75, 3.05) is 5.73 Å². The summed E-state index contributed by atoms with van der Waals surface area (Å²) in [5, 5.41) is 0.863.